The van der Waals surface area contributed by atoms with Crippen LogP contribution in [0.2, 0.25) is 10.0 Å². The molecule has 0 aliphatic carbocycles. The van der Waals surface area contributed by atoms with Crippen molar-refractivity contribution in [3.63, 3.8) is 0 Å². The molecule has 0 fully saturated rings. The third-order valence-corrected chi connectivity index (χ3v) is 2.25. The molecule has 0 spiro atoms. The monoisotopic (exact) mass is 298 g/mol. The van der Waals surface area contributed by atoms with Gasteiger partial charge in [0.25, 0.3) is 0 Å². The average Bonchev–Trinajstić information content (AvgIpc) is 1.97. The molecule has 0 aliphatic heterocycles. The van der Waals surface area contributed by atoms with Gasteiger partial charge in [-0.2, -0.15) is 0 Å². The molecule has 58 valence electrons. The Labute approximate surface area is 89.3 Å². The largest absolute Gasteiger partial charge is 0.0836 e. The molecule has 11 heavy (non-hydrogen) atoms. The van der Waals surface area contributed by atoms with Gasteiger partial charge in [0.15, 0.2) is 0 Å². The number of benzene rings is 1. The lowest BCUT2D eigenvalue weighted by atomic mass is 10.2. The first-order chi connectivity index (χ1) is 5.25. The molecule has 0 saturated heterocycles. The predicted octanol–water partition coefficient (Wildman–Crippen LogP) is 4.40. The minimum atomic E-state index is 0.686. The van der Waals surface area contributed by atoms with E-state index in [0.717, 1.165) is 5.56 Å². The van der Waals surface area contributed by atoms with Gasteiger partial charge < -0.3 is 0 Å². The summed E-state index contributed by atoms with van der Waals surface area (Å²) >= 11 is 13.9. The molecule has 1 rings (SSSR count). The number of hydrogen-bond acceptors (Lipinski definition) is 0. The maximum absolute atomic E-state index is 5.87. The van der Waals surface area contributed by atoms with E-state index >= 15 is 0 Å². The highest BCUT2D eigenvalue weighted by Gasteiger charge is 1.99. The van der Waals surface area contributed by atoms with E-state index in [-0.39, 0.29) is 0 Å². The summed E-state index contributed by atoms with van der Waals surface area (Å²) in [6.07, 6.45) is 1.88. The van der Waals surface area contributed by atoms with Crippen LogP contribution in [0.25, 0.3) is 6.08 Å². The fourth-order valence-electron chi connectivity index (χ4n) is 0.733. The van der Waals surface area contributed by atoms with E-state index in [1.165, 1.54) is 0 Å². The second kappa shape index (κ2) is 4.33. The van der Waals surface area contributed by atoms with Crippen LogP contribution < -0.4 is 0 Å². The van der Waals surface area contributed by atoms with Crippen LogP contribution in [0.15, 0.2) is 22.3 Å². The molecule has 0 nitrogen and oxygen atoms in total. The summed E-state index contributed by atoms with van der Waals surface area (Å²) in [7, 11) is 0. The normalized spacial score (nSPS) is 10.8. The van der Waals surface area contributed by atoms with Crippen molar-refractivity contribution in [1.29, 1.82) is 0 Å². The van der Waals surface area contributed by atoms with Crippen molar-refractivity contribution in [1.82, 2.24) is 0 Å². The van der Waals surface area contributed by atoms with Gasteiger partial charge in [-0.1, -0.05) is 51.9 Å². The molecule has 1 aromatic rings. The Hall–Kier alpha value is 0.270. The van der Waals surface area contributed by atoms with E-state index in [1.807, 2.05) is 28.4 Å². The Balaban J connectivity index is 3.20. The Morgan fingerprint density at radius 3 is 2.18 bits per heavy atom. The summed E-state index contributed by atoms with van der Waals surface area (Å²) in [6, 6.07) is 5.47. The maximum atomic E-state index is 5.87. The standard InChI is InChI=1S/C8H5Cl2I/c9-7-2-1-3-8(10)6(7)4-5-11/h1-5H/b5-4-. The zero-order valence-corrected chi connectivity index (χ0v) is 9.19. The van der Waals surface area contributed by atoms with Gasteiger partial charge in [-0.3, -0.25) is 0 Å². The second-order valence-electron chi connectivity index (χ2n) is 1.93. The summed E-state index contributed by atoms with van der Waals surface area (Å²) < 4.78 is 1.88. The highest BCUT2D eigenvalue weighted by Crippen LogP contribution is 2.25. The molecule has 0 saturated carbocycles. The van der Waals surface area contributed by atoms with Crippen molar-refractivity contribution in [2.45, 2.75) is 0 Å². The third-order valence-electron chi connectivity index (χ3n) is 1.23. The Bertz CT molecular complexity index is 261. The molecule has 0 unspecified atom stereocenters. The lowest BCUT2D eigenvalue weighted by Gasteiger charge is -1.98. The first kappa shape index (κ1) is 9.36. The van der Waals surface area contributed by atoms with Gasteiger partial charge in [0.1, 0.15) is 0 Å². The van der Waals surface area contributed by atoms with Crippen molar-refractivity contribution in [2.75, 3.05) is 0 Å². The smallest absolute Gasteiger partial charge is 0.0493 e. The van der Waals surface area contributed by atoms with E-state index < -0.39 is 0 Å². The van der Waals surface area contributed by atoms with E-state index in [9.17, 15) is 0 Å². The van der Waals surface area contributed by atoms with Crippen LogP contribution in [-0.4, -0.2) is 0 Å². The molecule has 0 aromatic heterocycles. The molecule has 1 aromatic carbocycles. The SMILES string of the molecule is Clc1cccc(Cl)c1/C=C\I. The number of halogens is 3. The Kier molecular flexibility index (Phi) is 3.69. The van der Waals surface area contributed by atoms with Gasteiger partial charge in [0, 0.05) is 15.6 Å². The van der Waals surface area contributed by atoms with Crippen molar-refractivity contribution in [3.8, 4) is 0 Å². The van der Waals surface area contributed by atoms with Crippen LogP contribution in [0.4, 0.5) is 0 Å². The van der Waals surface area contributed by atoms with Gasteiger partial charge in [-0.05, 0) is 22.3 Å². The quantitative estimate of drug-likeness (QED) is 0.674. The van der Waals surface area contributed by atoms with E-state index in [2.05, 4.69) is 22.6 Å². The van der Waals surface area contributed by atoms with E-state index in [0.29, 0.717) is 10.0 Å². The molecular formula is C8H5Cl2I. The molecular weight excluding hydrogens is 294 g/mol. The van der Waals surface area contributed by atoms with Crippen molar-refractivity contribution < 1.29 is 0 Å². The van der Waals surface area contributed by atoms with Gasteiger partial charge in [0.2, 0.25) is 0 Å². The van der Waals surface area contributed by atoms with Crippen molar-refractivity contribution in [2.24, 2.45) is 0 Å². The molecule has 0 radical (unpaired) electrons. The molecule has 0 N–H and O–H groups in total. The Morgan fingerprint density at radius 2 is 1.73 bits per heavy atom. The lowest BCUT2D eigenvalue weighted by Crippen LogP contribution is -1.75. The average molecular weight is 299 g/mol. The molecule has 0 atom stereocenters. The van der Waals surface area contributed by atoms with Gasteiger partial charge in [0.05, 0.1) is 0 Å². The van der Waals surface area contributed by atoms with E-state index in [4.69, 9.17) is 23.2 Å². The lowest BCUT2D eigenvalue weighted by molar-refractivity contribution is 1.66. The fraction of sp³-hybridized carbons (Fsp3) is 0. The highest BCUT2D eigenvalue weighted by atomic mass is 127. The van der Waals surface area contributed by atoms with Crippen molar-refractivity contribution in [3.05, 3.63) is 37.9 Å². The zero-order valence-electron chi connectivity index (χ0n) is 5.52. The van der Waals surface area contributed by atoms with Gasteiger partial charge >= 0.3 is 0 Å². The highest BCUT2D eigenvalue weighted by molar-refractivity contribution is 14.1. The summed E-state index contributed by atoms with van der Waals surface area (Å²) in [5, 5.41) is 1.37. The van der Waals surface area contributed by atoms with Crippen LogP contribution >= 0.6 is 45.8 Å². The van der Waals surface area contributed by atoms with Crippen LogP contribution in [0.5, 0.6) is 0 Å². The van der Waals surface area contributed by atoms with Gasteiger partial charge in [-0.25, -0.2) is 0 Å². The van der Waals surface area contributed by atoms with E-state index in [1.54, 1.807) is 0 Å². The summed E-state index contributed by atoms with van der Waals surface area (Å²) in [4.78, 5) is 0. The summed E-state index contributed by atoms with van der Waals surface area (Å²) in [6.45, 7) is 0. The zero-order chi connectivity index (χ0) is 8.27. The van der Waals surface area contributed by atoms with Crippen LogP contribution in [0, 0.1) is 0 Å². The molecule has 0 bridgehead atoms. The number of rotatable bonds is 1. The molecule has 0 amide bonds. The molecule has 3 heteroatoms. The van der Waals surface area contributed by atoms with Gasteiger partial charge in [-0.15, -0.1) is 0 Å². The first-order valence-electron chi connectivity index (χ1n) is 2.96. The van der Waals surface area contributed by atoms with Crippen molar-refractivity contribution >= 4 is 51.9 Å². The number of hydrogen-bond donors (Lipinski definition) is 0. The third kappa shape index (κ3) is 2.36. The molecule has 0 aliphatic rings. The minimum absolute atomic E-state index is 0.686. The fourth-order valence-corrected chi connectivity index (χ4v) is 1.62. The topological polar surface area (TPSA) is 0 Å². The predicted molar refractivity (Wildman–Crippen MR) is 59.5 cm³/mol. The minimum Gasteiger partial charge on any atom is -0.0836 e. The summed E-state index contributed by atoms with van der Waals surface area (Å²) in [5.74, 6) is 0. The Morgan fingerprint density at radius 1 is 1.18 bits per heavy atom. The maximum Gasteiger partial charge on any atom is 0.0493 e. The van der Waals surface area contributed by atoms with Crippen LogP contribution in [0.3, 0.4) is 0 Å². The first-order valence-corrected chi connectivity index (χ1v) is 4.96. The van der Waals surface area contributed by atoms with Crippen LogP contribution in [-0.2, 0) is 0 Å². The molecule has 0 heterocycles. The van der Waals surface area contributed by atoms with Crippen LogP contribution in [0.1, 0.15) is 5.56 Å². The summed E-state index contributed by atoms with van der Waals surface area (Å²) in [5.41, 5.74) is 0.880. The second-order valence-corrected chi connectivity index (χ2v) is 3.46.